The van der Waals surface area contributed by atoms with Crippen LogP contribution >= 0.6 is 34.8 Å². The van der Waals surface area contributed by atoms with Crippen LogP contribution in [0.4, 0.5) is 5.69 Å². The topological polar surface area (TPSA) is 58.6 Å². The van der Waals surface area contributed by atoms with E-state index in [1.165, 1.54) is 0 Å². The number of benzene rings is 2. The highest BCUT2D eigenvalue weighted by molar-refractivity contribution is 6.37. The number of rotatable bonds is 7. The fourth-order valence-corrected chi connectivity index (χ4v) is 3.08. The smallest absolute Gasteiger partial charge is 0.303 e. The van der Waals surface area contributed by atoms with Crippen molar-refractivity contribution in [1.82, 2.24) is 0 Å². The van der Waals surface area contributed by atoms with E-state index in [0.717, 1.165) is 16.8 Å². The summed E-state index contributed by atoms with van der Waals surface area (Å²) in [5.74, 6) is -0.507. The quantitative estimate of drug-likeness (QED) is 0.677. The van der Waals surface area contributed by atoms with Gasteiger partial charge in [-0.05, 0) is 47.9 Å². The molecule has 0 aliphatic rings. The Bertz CT molecular complexity index is 727. The fourth-order valence-electron chi connectivity index (χ4n) is 2.18. The van der Waals surface area contributed by atoms with Gasteiger partial charge in [-0.15, -0.1) is 0 Å². The Morgan fingerprint density at radius 3 is 2.33 bits per heavy atom. The lowest BCUT2D eigenvalue weighted by Crippen LogP contribution is -2.00. The van der Waals surface area contributed by atoms with Crippen LogP contribution < -0.4 is 10.1 Å². The predicted octanol–water partition coefficient (Wildman–Crippen LogP) is 5.28. The van der Waals surface area contributed by atoms with E-state index in [1.807, 2.05) is 12.1 Å². The van der Waals surface area contributed by atoms with Crippen molar-refractivity contribution in [3.63, 3.8) is 0 Å². The van der Waals surface area contributed by atoms with Gasteiger partial charge in [0.05, 0.1) is 10.0 Å². The van der Waals surface area contributed by atoms with Gasteiger partial charge in [0.1, 0.15) is 6.61 Å². The zero-order valence-corrected chi connectivity index (χ0v) is 15.2. The molecule has 4 nitrogen and oxygen atoms in total. The molecule has 0 fully saturated rings. The maximum absolute atomic E-state index is 10.6. The zero-order chi connectivity index (χ0) is 17.7. The largest absolute Gasteiger partial charge is 0.486 e. The summed E-state index contributed by atoms with van der Waals surface area (Å²) in [4.78, 5) is 10.6. The summed E-state index contributed by atoms with van der Waals surface area (Å²) in [6.07, 6.45) is 0.372. The second-order valence-corrected chi connectivity index (χ2v) is 6.42. The number of aliphatic carboxylic acids is 1. The lowest BCUT2D eigenvalue weighted by Gasteiger charge is -2.13. The summed E-state index contributed by atoms with van der Waals surface area (Å²) >= 11 is 18.5. The van der Waals surface area contributed by atoms with Crippen LogP contribution in [-0.4, -0.2) is 18.1 Å². The van der Waals surface area contributed by atoms with Crippen molar-refractivity contribution in [3.05, 3.63) is 56.5 Å². The summed E-state index contributed by atoms with van der Waals surface area (Å²) in [5, 5.41) is 13.0. The number of anilines is 1. The standard InChI is InChI=1S/C17H16Cl3NO3/c1-21-13-5-11(4-12(18)8-13)9-24-17-14(19)6-10(7-15(17)20)2-3-16(22)23/h4-8,21H,2-3,9H2,1H3,(H,22,23). The molecule has 0 unspecified atom stereocenters. The summed E-state index contributed by atoms with van der Waals surface area (Å²) < 4.78 is 5.72. The SMILES string of the molecule is CNc1cc(Cl)cc(COc2c(Cl)cc(CCC(=O)O)cc2Cl)c1. The van der Waals surface area contributed by atoms with E-state index < -0.39 is 5.97 Å². The van der Waals surface area contributed by atoms with Gasteiger partial charge < -0.3 is 15.2 Å². The van der Waals surface area contributed by atoms with E-state index in [9.17, 15) is 4.79 Å². The number of aryl methyl sites for hydroxylation is 1. The average molecular weight is 389 g/mol. The maximum Gasteiger partial charge on any atom is 0.303 e. The number of carboxylic acids is 1. The molecule has 2 N–H and O–H groups in total. The summed E-state index contributed by atoms with van der Waals surface area (Å²) in [6.45, 7) is 0.253. The molecule has 0 amide bonds. The number of hydrogen-bond acceptors (Lipinski definition) is 3. The normalized spacial score (nSPS) is 10.5. The van der Waals surface area contributed by atoms with E-state index in [0.29, 0.717) is 27.2 Å². The third kappa shape index (κ3) is 5.20. The number of carbonyl (C=O) groups is 1. The van der Waals surface area contributed by atoms with E-state index in [4.69, 9.17) is 44.6 Å². The average Bonchev–Trinajstić information content (AvgIpc) is 2.51. The monoisotopic (exact) mass is 387 g/mol. The lowest BCUT2D eigenvalue weighted by molar-refractivity contribution is -0.136. The number of carboxylic acid groups (broad SMARTS) is 1. The highest BCUT2D eigenvalue weighted by Crippen LogP contribution is 2.35. The van der Waals surface area contributed by atoms with E-state index in [2.05, 4.69) is 5.32 Å². The molecule has 0 radical (unpaired) electrons. The molecule has 7 heteroatoms. The third-order valence-electron chi connectivity index (χ3n) is 3.32. The molecule has 24 heavy (non-hydrogen) atoms. The first-order valence-corrected chi connectivity index (χ1v) is 8.32. The molecule has 2 aromatic carbocycles. The molecule has 0 bridgehead atoms. The Labute approximate surface area is 155 Å². The molecule has 0 saturated carbocycles. The van der Waals surface area contributed by atoms with Crippen LogP contribution in [0.1, 0.15) is 17.5 Å². The molecule has 2 rings (SSSR count). The highest BCUT2D eigenvalue weighted by atomic mass is 35.5. The van der Waals surface area contributed by atoms with E-state index in [-0.39, 0.29) is 13.0 Å². The van der Waals surface area contributed by atoms with Crippen molar-refractivity contribution in [2.45, 2.75) is 19.4 Å². The molecule has 2 aromatic rings. The third-order valence-corrected chi connectivity index (χ3v) is 4.09. The Morgan fingerprint density at radius 2 is 1.75 bits per heavy atom. The van der Waals surface area contributed by atoms with Crippen LogP contribution in [0.2, 0.25) is 15.1 Å². The van der Waals surface area contributed by atoms with Crippen LogP contribution in [0.5, 0.6) is 5.75 Å². The van der Waals surface area contributed by atoms with Crippen LogP contribution in [-0.2, 0) is 17.8 Å². The minimum Gasteiger partial charge on any atom is -0.486 e. The van der Waals surface area contributed by atoms with E-state index in [1.54, 1.807) is 25.2 Å². The maximum atomic E-state index is 10.6. The molecule has 0 atom stereocenters. The Morgan fingerprint density at radius 1 is 1.08 bits per heavy atom. The molecule has 0 saturated heterocycles. The van der Waals surface area contributed by atoms with E-state index >= 15 is 0 Å². The summed E-state index contributed by atoms with van der Waals surface area (Å²) in [6, 6.07) is 8.86. The van der Waals surface area contributed by atoms with Crippen molar-refractivity contribution in [2.75, 3.05) is 12.4 Å². The van der Waals surface area contributed by atoms with Crippen molar-refractivity contribution in [3.8, 4) is 5.75 Å². The van der Waals surface area contributed by atoms with Crippen molar-refractivity contribution < 1.29 is 14.6 Å². The van der Waals surface area contributed by atoms with Crippen LogP contribution in [0, 0.1) is 0 Å². The van der Waals surface area contributed by atoms with Crippen molar-refractivity contribution in [2.24, 2.45) is 0 Å². The van der Waals surface area contributed by atoms with Crippen molar-refractivity contribution in [1.29, 1.82) is 0 Å². The highest BCUT2D eigenvalue weighted by Gasteiger charge is 2.11. The minimum absolute atomic E-state index is 0.0160. The Balaban J connectivity index is 2.12. The Hall–Kier alpha value is -1.62. The summed E-state index contributed by atoms with van der Waals surface area (Å²) in [5.41, 5.74) is 2.50. The van der Waals surface area contributed by atoms with Gasteiger partial charge in [0.25, 0.3) is 0 Å². The molecule has 0 aliphatic heterocycles. The first-order valence-electron chi connectivity index (χ1n) is 7.18. The molecule has 128 valence electrons. The van der Waals surface area contributed by atoms with Crippen LogP contribution in [0.25, 0.3) is 0 Å². The molecular weight excluding hydrogens is 373 g/mol. The molecule has 0 spiro atoms. The zero-order valence-electron chi connectivity index (χ0n) is 12.9. The number of nitrogens with one attached hydrogen (secondary N) is 1. The first-order chi connectivity index (χ1) is 11.4. The van der Waals surface area contributed by atoms with Gasteiger partial charge in [-0.25, -0.2) is 0 Å². The predicted molar refractivity (Wildman–Crippen MR) is 97.7 cm³/mol. The second-order valence-electron chi connectivity index (χ2n) is 5.17. The fraction of sp³-hybridized carbons (Fsp3) is 0.235. The van der Waals surface area contributed by atoms with Gasteiger partial charge in [-0.2, -0.15) is 0 Å². The number of halogens is 3. The molecule has 0 heterocycles. The lowest BCUT2D eigenvalue weighted by atomic mass is 10.1. The van der Waals surface area contributed by atoms with Gasteiger partial charge >= 0.3 is 5.97 Å². The number of hydrogen-bond donors (Lipinski definition) is 2. The molecule has 0 aliphatic carbocycles. The van der Waals surface area contributed by atoms with Crippen molar-refractivity contribution >= 4 is 46.5 Å². The van der Waals surface area contributed by atoms with Gasteiger partial charge in [0, 0.05) is 24.2 Å². The van der Waals surface area contributed by atoms with Gasteiger partial charge in [-0.3, -0.25) is 4.79 Å². The first kappa shape index (κ1) is 18.7. The molecular formula is C17H16Cl3NO3. The van der Waals surface area contributed by atoms with Crippen LogP contribution in [0.15, 0.2) is 30.3 Å². The summed E-state index contributed by atoms with van der Waals surface area (Å²) in [7, 11) is 1.81. The van der Waals surface area contributed by atoms with Gasteiger partial charge in [0.2, 0.25) is 0 Å². The Kier molecular flexibility index (Phi) is 6.60. The van der Waals surface area contributed by atoms with Crippen LogP contribution in [0.3, 0.4) is 0 Å². The minimum atomic E-state index is -0.871. The second kappa shape index (κ2) is 8.47. The molecule has 0 aromatic heterocycles. The number of ether oxygens (including phenoxy) is 1. The van der Waals surface area contributed by atoms with Gasteiger partial charge in [0.15, 0.2) is 5.75 Å². The van der Waals surface area contributed by atoms with Gasteiger partial charge in [-0.1, -0.05) is 34.8 Å².